The fraction of sp³-hybridized carbons (Fsp3) is 0.609. The maximum atomic E-state index is 12.8. The van der Waals surface area contributed by atoms with Gasteiger partial charge < -0.3 is 20.7 Å². The summed E-state index contributed by atoms with van der Waals surface area (Å²) in [5.74, 6) is 0.0849. The number of nitrogens with one attached hydrogen (secondary N) is 3. The minimum Gasteiger partial charge on any atom is -0.345 e. The van der Waals surface area contributed by atoms with Crippen molar-refractivity contribution in [3.05, 3.63) is 35.9 Å². The van der Waals surface area contributed by atoms with Gasteiger partial charge in [0.1, 0.15) is 12.3 Å². The lowest BCUT2D eigenvalue weighted by atomic mass is 9.99. The van der Waals surface area contributed by atoms with Crippen LogP contribution in [-0.2, 0) is 20.8 Å². The van der Waals surface area contributed by atoms with Gasteiger partial charge in [-0.15, -0.1) is 0 Å². The lowest BCUT2D eigenvalue weighted by Gasteiger charge is -2.25. The van der Waals surface area contributed by atoms with Gasteiger partial charge in [0.2, 0.25) is 11.8 Å². The summed E-state index contributed by atoms with van der Waals surface area (Å²) in [4.78, 5) is 37.0. The number of hydrogen-bond acceptors (Lipinski definition) is 4. The second-order valence-electron chi connectivity index (χ2n) is 8.44. The van der Waals surface area contributed by atoms with Gasteiger partial charge in [-0.05, 0) is 50.1 Å². The first kappa shape index (κ1) is 24.8. The summed E-state index contributed by atoms with van der Waals surface area (Å²) in [6, 6.07) is 8.25. The van der Waals surface area contributed by atoms with Gasteiger partial charge >= 0.3 is 0 Å². The fourth-order valence-electron chi connectivity index (χ4n) is 3.23. The topological polar surface area (TPSA) is 87.3 Å². The monoisotopic (exact) mass is 403 g/mol. The Balaban J connectivity index is 2.72. The molecule has 0 bridgehead atoms. The number of hydrogen-bond donors (Lipinski definition) is 3. The number of aryl methyl sites for hydroxylation is 1. The maximum absolute atomic E-state index is 12.8. The summed E-state index contributed by atoms with van der Waals surface area (Å²) in [5, 5.41) is 8.70. The van der Waals surface area contributed by atoms with Gasteiger partial charge in [0.25, 0.3) is 0 Å². The predicted molar refractivity (Wildman–Crippen MR) is 116 cm³/mol. The average molecular weight is 404 g/mol. The molecule has 6 nitrogen and oxygen atoms in total. The lowest BCUT2D eigenvalue weighted by molar-refractivity contribution is -0.131. The third kappa shape index (κ3) is 9.70. The molecule has 0 heterocycles. The van der Waals surface area contributed by atoms with E-state index in [2.05, 4.69) is 29.8 Å². The highest BCUT2D eigenvalue weighted by Crippen LogP contribution is 2.10. The standard InChI is InChI=1S/C23H37N3O3/c1-16(2)13-20(24-5)22(28)26-21(14-17(3)4)23(29)25-19(15-27)12-11-18-9-7-6-8-10-18/h6-10,15-17,19-21,24H,11-14H2,1-5H3,(H,25,29)(H,26,28)/t19?,20-,21-/m0/s1. The van der Waals surface area contributed by atoms with Crippen LogP contribution in [0.15, 0.2) is 30.3 Å². The summed E-state index contributed by atoms with van der Waals surface area (Å²) < 4.78 is 0. The van der Waals surface area contributed by atoms with Crippen LogP contribution in [0.5, 0.6) is 0 Å². The van der Waals surface area contributed by atoms with Gasteiger partial charge in [-0.2, -0.15) is 0 Å². The zero-order valence-corrected chi connectivity index (χ0v) is 18.4. The van der Waals surface area contributed by atoms with E-state index in [1.54, 1.807) is 7.05 Å². The Morgan fingerprint density at radius 1 is 0.897 bits per heavy atom. The number of likely N-dealkylation sites (N-methyl/N-ethyl adjacent to an activating group) is 1. The highest BCUT2D eigenvalue weighted by molar-refractivity contribution is 5.90. The van der Waals surface area contributed by atoms with Crippen molar-refractivity contribution in [1.82, 2.24) is 16.0 Å². The normalized spacial score (nSPS) is 14.3. The molecule has 0 spiro atoms. The smallest absolute Gasteiger partial charge is 0.243 e. The molecule has 162 valence electrons. The zero-order valence-electron chi connectivity index (χ0n) is 18.4. The lowest BCUT2D eigenvalue weighted by Crippen LogP contribution is -2.54. The van der Waals surface area contributed by atoms with Gasteiger partial charge in [0.05, 0.1) is 12.1 Å². The Labute approximate surface area is 175 Å². The SMILES string of the molecule is CN[C@@H](CC(C)C)C(=O)N[C@@H](CC(C)C)C(=O)NC(C=O)CCc1ccccc1. The zero-order chi connectivity index (χ0) is 21.8. The number of carbonyl (C=O) groups excluding carboxylic acids is 3. The summed E-state index contributed by atoms with van der Waals surface area (Å²) in [7, 11) is 1.75. The largest absolute Gasteiger partial charge is 0.345 e. The Kier molecular flexibility index (Phi) is 11.2. The first-order chi connectivity index (χ1) is 13.8. The molecule has 3 N–H and O–H groups in total. The van der Waals surface area contributed by atoms with Crippen molar-refractivity contribution in [2.45, 2.75) is 71.5 Å². The van der Waals surface area contributed by atoms with Crippen LogP contribution in [0.4, 0.5) is 0 Å². The van der Waals surface area contributed by atoms with Crippen LogP contribution in [0.1, 0.15) is 52.5 Å². The van der Waals surface area contributed by atoms with E-state index < -0.39 is 12.1 Å². The number of rotatable bonds is 13. The third-order valence-corrected chi connectivity index (χ3v) is 4.79. The Hall–Kier alpha value is -2.21. The van der Waals surface area contributed by atoms with Crippen molar-refractivity contribution < 1.29 is 14.4 Å². The predicted octanol–water partition coefficient (Wildman–Crippen LogP) is 2.47. The summed E-state index contributed by atoms with van der Waals surface area (Å²) in [5.41, 5.74) is 1.12. The molecular formula is C23H37N3O3. The minimum absolute atomic E-state index is 0.186. The van der Waals surface area contributed by atoms with E-state index in [-0.39, 0.29) is 23.8 Å². The summed E-state index contributed by atoms with van der Waals surface area (Å²) in [6.45, 7) is 8.11. The van der Waals surface area contributed by atoms with E-state index in [4.69, 9.17) is 0 Å². The van der Waals surface area contributed by atoms with Crippen molar-refractivity contribution in [2.24, 2.45) is 11.8 Å². The van der Waals surface area contributed by atoms with Crippen LogP contribution >= 0.6 is 0 Å². The molecular weight excluding hydrogens is 366 g/mol. The second kappa shape index (κ2) is 13.1. The maximum Gasteiger partial charge on any atom is 0.243 e. The Morgan fingerprint density at radius 3 is 1.97 bits per heavy atom. The molecule has 2 amide bonds. The van der Waals surface area contributed by atoms with Crippen LogP contribution in [0.3, 0.4) is 0 Å². The molecule has 29 heavy (non-hydrogen) atoms. The molecule has 0 aliphatic rings. The average Bonchev–Trinajstić information content (AvgIpc) is 2.68. The summed E-state index contributed by atoms with van der Waals surface area (Å²) in [6.07, 6.45) is 3.19. The third-order valence-electron chi connectivity index (χ3n) is 4.79. The second-order valence-corrected chi connectivity index (χ2v) is 8.44. The van der Waals surface area contributed by atoms with Crippen LogP contribution in [0.2, 0.25) is 0 Å². The van der Waals surface area contributed by atoms with Gasteiger partial charge in [-0.1, -0.05) is 58.0 Å². The van der Waals surface area contributed by atoms with Crippen LogP contribution < -0.4 is 16.0 Å². The van der Waals surface area contributed by atoms with E-state index >= 15 is 0 Å². The molecule has 0 aliphatic carbocycles. The Morgan fingerprint density at radius 2 is 1.45 bits per heavy atom. The minimum atomic E-state index is -0.662. The van der Waals surface area contributed by atoms with Gasteiger partial charge in [-0.25, -0.2) is 0 Å². The van der Waals surface area contributed by atoms with Crippen LogP contribution in [0.25, 0.3) is 0 Å². The highest BCUT2D eigenvalue weighted by atomic mass is 16.2. The molecule has 0 saturated carbocycles. The molecule has 1 aromatic carbocycles. The molecule has 3 atom stereocenters. The van der Waals surface area contributed by atoms with Gasteiger partial charge in [-0.3, -0.25) is 9.59 Å². The van der Waals surface area contributed by atoms with Crippen molar-refractivity contribution >= 4 is 18.1 Å². The first-order valence-corrected chi connectivity index (χ1v) is 10.5. The van der Waals surface area contributed by atoms with Gasteiger partial charge in [0, 0.05) is 0 Å². The van der Waals surface area contributed by atoms with E-state index in [9.17, 15) is 14.4 Å². The van der Waals surface area contributed by atoms with E-state index in [0.717, 1.165) is 11.8 Å². The van der Waals surface area contributed by atoms with E-state index in [1.807, 2.05) is 44.2 Å². The molecule has 0 saturated heterocycles. The van der Waals surface area contributed by atoms with Crippen molar-refractivity contribution in [3.8, 4) is 0 Å². The highest BCUT2D eigenvalue weighted by Gasteiger charge is 2.27. The van der Waals surface area contributed by atoms with E-state index in [0.29, 0.717) is 31.6 Å². The van der Waals surface area contributed by atoms with Crippen molar-refractivity contribution in [2.75, 3.05) is 7.05 Å². The molecule has 1 rings (SSSR count). The van der Waals surface area contributed by atoms with Gasteiger partial charge in [0.15, 0.2) is 0 Å². The van der Waals surface area contributed by atoms with E-state index in [1.165, 1.54) is 0 Å². The number of benzene rings is 1. The number of carbonyl (C=O) groups is 3. The molecule has 0 radical (unpaired) electrons. The number of amides is 2. The Bertz CT molecular complexity index is 632. The molecule has 0 aliphatic heterocycles. The van der Waals surface area contributed by atoms with Crippen molar-refractivity contribution in [1.29, 1.82) is 0 Å². The molecule has 0 fully saturated rings. The van der Waals surface area contributed by atoms with Crippen LogP contribution in [-0.4, -0.2) is 43.3 Å². The fourth-order valence-corrected chi connectivity index (χ4v) is 3.23. The first-order valence-electron chi connectivity index (χ1n) is 10.5. The molecule has 1 aromatic rings. The quantitative estimate of drug-likeness (QED) is 0.442. The van der Waals surface area contributed by atoms with Crippen LogP contribution in [0, 0.1) is 11.8 Å². The molecule has 6 heteroatoms. The molecule has 1 unspecified atom stereocenters. The summed E-state index contributed by atoms with van der Waals surface area (Å²) >= 11 is 0. The number of aldehydes is 1. The molecule has 0 aromatic heterocycles. The van der Waals surface area contributed by atoms with Crippen molar-refractivity contribution in [3.63, 3.8) is 0 Å².